The second-order valence-corrected chi connectivity index (χ2v) is 8.27. The molecule has 1 heterocycles. The highest BCUT2D eigenvalue weighted by atomic mass is 16.6. The van der Waals surface area contributed by atoms with Gasteiger partial charge in [0.2, 0.25) is 0 Å². The number of nitrogens with zero attached hydrogens (tertiary/aromatic N) is 1. The third-order valence-corrected chi connectivity index (χ3v) is 5.57. The molecule has 1 amide bonds. The van der Waals surface area contributed by atoms with Crippen LogP contribution in [0.3, 0.4) is 0 Å². The van der Waals surface area contributed by atoms with Crippen LogP contribution in [-0.2, 0) is 9.59 Å². The first kappa shape index (κ1) is 28.4. The lowest BCUT2D eigenvalue weighted by molar-refractivity contribution is -0.121. The van der Waals surface area contributed by atoms with Crippen LogP contribution in [0.15, 0.2) is 48.6 Å². The normalized spacial score (nSPS) is 13.5. The number of ether oxygens (including phenoxy) is 4. The van der Waals surface area contributed by atoms with E-state index >= 15 is 0 Å². The van der Waals surface area contributed by atoms with Crippen molar-refractivity contribution in [1.29, 1.82) is 0 Å². The quantitative estimate of drug-likeness (QED) is 0.319. The van der Waals surface area contributed by atoms with Gasteiger partial charge >= 0.3 is 6.09 Å². The first-order valence-electron chi connectivity index (χ1n) is 12.1. The van der Waals surface area contributed by atoms with E-state index in [1.54, 1.807) is 53.5 Å². The maximum Gasteiger partial charge on any atom is 0.415 e. The van der Waals surface area contributed by atoms with Gasteiger partial charge in [-0.05, 0) is 47.5 Å². The topological polar surface area (TPSA) is 124 Å². The molecule has 2 aromatic carbocycles. The molecule has 202 valence electrons. The molecule has 38 heavy (non-hydrogen) atoms. The maximum absolute atomic E-state index is 12.4. The van der Waals surface area contributed by atoms with Gasteiger partial charge in [-0.15, -0.1) is 0 Å². The molecule has 0 aliphatic carbocycles. The lowest BCUT2D eigenvalue weighted by Crippen LogP contribution is -2.47. The van der Waals surface area contributed by atoms with Crippen LogP contribution in [0, 0.1) is 0 Å². The first-order valence-corrected chi connectivity index (χ1v) is 12.1. The lowest BCUT2D eigenvalue weighted by Gasteiger charge is -2.26. The highest BCUT2D eigenvalue weighted by Gasteiger charge is 2.19. The van der Waals surface area contributed by atoms with Gasteiger partial charge in [0, 0.05) is 26.2 Å². The minimum Gasteiger partial charge on any atom is -0.493 e. The SMILES string of the molecule is COc1cc(C=CC(=O)CC(=O)C=Cc2ccc(OC(=O)N3CCNCC3)c(OC)c2)ccc1OCCO. The molecule has 1 aliphatic rings. The first-order chi connectivity index (χ1) is 18.4. The predicted octanol–water partition coefficient (Wildman–Crippen LogP) is 2.73. The van der Waals surface area contributed by atoms with E-state index in [1.165, 1.54) is 26.4 Å². The molecule has 0 unspecified atom stereocenters. The minimum atomic E-state index is -0.445. The molecule has 10 nitrogen and oxygen atoms in total. The van der Waals surface area contributed by atoms with Crippen LogP contribution in [0.5, 0.6) is 23.0 Å². The Kier molecular flexibility index (Phi) is 10.9. The van der Waals surface area contributed by atoms with Crippen LogP contribution in [0.25, 0.3) is 12.2 Å². The van der Waals surface area contributed by atoms with Gasteiger partial charge in [-0.1, -0.05) is 24.3 Å². The Labute approximate surface area is 221 Å². The number of benzene rings is 2. The number of ketones is 2. The molecule has 0 saturated carbocycles. The molecule has 1 aliphatic heterocycles. The molecule has 0 bridgehead atoms. The summed E-state index contributed by atoms with van der Waals surface area (Å²) in [6.45, 7) is 2.59. The van der Waals surface area contributed by atoms with Crippen molar-refractivity contribution in [2.45, 2.75) is 6.42 Å². The fourth-order valence-electron chi connectivity index (χ4n) is 3.61. The predicted molar refractivity (Wildman–Crippen MR) is 142 cm³/mol. The van der Waals surface area contributed by atoms with E-state index < -0.39 is 6.09 Å². The standard InChI is InChI=1S/C28H32N2O8/c1-35-26-17-20(5-9-24(26)37-16-15-31)3-7-22(32)19-23(33)8-4-21-6-10-25(27(18-21)36-2)38-28(34)30-13-11-29-12-14-30/h3-10,17-18,29,31H,11-16,19H2,1-2H3. The zero-order valence-electron chi connectivity index (χ0n) is 21.5. The van der Waals surface area contributed by atoms with E-state index in [0.29, 0.717) is 54.6 Å². The Morgan fingerprint density at radius 3 is 1.97 bits per heavy atom. The molecule has 1 saturated heterocycles. The summed E-state index contributed by atoms with van der Waals surface area (Å²) in [5, 5.41) is 12.1. The number of carbonyl (C=O) groups is 3. The van der Waals surface area contributed by atoms with Crippen molar-refractivity contribution in [3.8, 4) is 23.0 Å². The van der Waals surface area contributed by atoms with Crippen LogP contribution < -0.4 is 24.3 Å². The molecule has 0 aromatic heterocycles. The molecular formula is C28H32N2O8. The second kappa shape index (κ2) is 14.6. The van der Waals surface area contributed by atoms with E-state index in [9.17, 15) is 14.4 Å². The van der Waals surface area contributed by atoms with Crippen molar-refractivity contribution >= 4 is 29.8 Å². The smallest absolute Gasteiger partial charge is 0.415 e. The zero-order valence-corrected chi connectivity index (χ0v) is 21.5. The highest BCUT2D eigenvalue weighted by molar-refractivity contribution is 6.10. The fraction of sp³-hybridized carbons (Fsp3) is 0.321. The van der Waals surface area contributed by atoms with Crippen LogP contribution in [-0.4, -0.2) is 81.3 Å². The number of piperazine rings is 1. The molecular weight excluding hydrogens is 492 g/mol. The van der Waals surface area contributed by atoms with Gasteiger partial charge in [0.1, 0.15) is 6.61 Å². The number of nitrogens with one attached hydrogen (secondary N) is 1. The van der Waals surface area contributed by atoms with Crippen LogP contribution in [0.2, 0.25) is 0 Å². The Balaban J connectivity index is 1.55. The number of carbonyl (C=O) groups excluding carboxylic acids is 3. The molecule has 10 heteroatoms. The summed E-state index contributed by atoms with van der Waals surface area (Å²) < 4.78 is 21.5. The summed E-state index contributed by atoms with van der Waals surface area (Å²) in [5.74, 6) is 0.861. The van der Waals surface area contributed by atoms with Gasteiger partial charge in [-0.2, -0.15) is 0 Å². The zero-order chi connectivity index (χ0) is 27.3. The van der Waals surface area contributed by atoms with Crippen LogP contribution in [0.1, 0.15) is 17.5 Å². The van der Waals surface area contributed by atoms with Gasteiger partial charge in [0.05, 0.1) is 27.2 Å². The number of methoxy groups -OCH3 is 2. The molecule has 1 fully saturated rings. The van der Waals surface area contributed by atoms with E-state index in [1.807, 2.05) is 0 Å². The summed E-state index contributed by atoms with van der Waals surface area (Å²) in [6, 6.07) is 10.0. The third-order valence-electron chi connectivity index (χ3n) is 5.57. The van der Waals surface area contributed by atoms with E-state index in [0.717, 1.165) is 0 Å². The number of aliphatic hydroxyl groups excluding tert-OH is 1. The summed E-state index contributed by atoms with van der Waals surface area (Å²) >= 11 is 0. The van der Waals surface area contributed by atoms with Gasteiger partial charge < -0.3 is 34.3 Å². The number of allylic oxidation sites excluding steroid dienone is 2. The molecule has 0 atom stereocenters. The Bertz CT molecular complexity index is 1190. The summed E-state index contributed by atoms with van der Waals surface area (Å²) in [6.07, 6.45) is 5.07. The number of hydrogen-bond donors (Lipinski definition) is 2. The molecule has 0 radical (unpaired) electrons. The van der Waals surface area contributed by atoms with Gasteiger partial charge in [-0.3, -0.25) is 9.59 Å². The van der Waals surface area contributed by atoms with Crippen LogP contribution >= 0.6 is 0 Å². The van der Waals surface area contributed by atoms with Crippen molar-refractivity contribution in [1.82, 2.24) is 10.2 Å². The number of hydrogen-bond acceptors (Lipinski definition) is 9. The average Bonchev–Trinajstić information content (AvgIpc) is 2.94. The van der Waals surface area contributed by atoms with Crippen LogP contribution in [0.4, 0.5) is 4.79 Å². The van der Waals surface area contributed by atoms with Crippen molar-refractivity contribution in [3.63, 3.8) is 0 Å². The Hall–Kier alpha value is -4.15. The maximum atomic E-state index is 12.4. The van der Waals surface area contributed by atoms with Crippen molar-refractivity contribution in [3.05, 3.63) is 59.7 Å². The Morgan fingerprint density at radius 2 is 1.42 bits per heavy atom. The highest BCUT2D eigenvalue weighted by Crippen LogP contribution is 2.30. The van der Waals surface area contributed by atoms with Gasteiger partial charge in [-0.25, -0.2) is 4.79 Å². The number of rotatable bonds is 12. The fourth-order valence-corrected chi connectivity index (χ4v) is 3.61. The molecule has 3 rings (SSSR count). The molecule has 2 aromatic rings. The molecule has 2 N–H and O–H groups in total. The van der Waals surface area contributed by atoms with Gasteiger partial charge in [0.25, 0.3) is 0 Å². The molecule has 0 spiro atoms. The van der Waals surface area contributed by atoms with Crippen molar-refractivity contribution in [2.24, 2.45) is 0 Å². The van der Waals surface area contributed by atoms with E-state index in [2.05, 4.69) is 5.32 Å². The second-order valence-electron chi connectivity index (χ2n) is 8.27. The third kappa shape index (κ3) is 8.46. The van der Waals surface area contributed by atoms with Gasteiger partial charge in [0.15, 0.2) is 34.6 Å². The monoisotopic (exact) mass is 524 g/mol. The summed E-state index contributed by atoms with van der Waals surface area (Å²) in [5.41, 5.74) is 1.34. The number of aliphatic hydroxyl groups is 1. The van der Waals surface area contributed by atoms with E-state index in [4.69, 9.17) is 24.1 Å². The van der Waals surface area contributed by atoms with Crippen molar-refractivity contribution in [2.75, 3.05) is 53.6 Å². The summed E-state index contributed by atoms with van der Waals surface area (Å²) in [4.78, 5) is 38.6. The largest absolute Gasteiger partial charge is 0.493 e. The van der Waals surface area contributed by atoms with E-state index in [-0.39, 0.29) is 37.0 Å². The lowest BCUT2D eigenvalue weighted by atomic mass is 10.1. The minimum absolute atomic E-state index is 0.118. The Morgan fingerprint density at radius 1 is 0.868 bits per heavy atom. The number of amides is 1. The average molecular weight is 525 g/mol. The van der Waals surface area contributed by atoms with Crippen molar-refractivity contribution < 1.29 is 38.4 Å². The summed E-state index contributed by atoms with van der Waals surface area (Å²) in [7, 11) is 2.96.